The van der Waals surface area contributed by atoms with E-state index < -0.39 is 30.3 Å². The molecular formula is C23H48ClNO5. The molecule has 6 nitrogen and oxygen atoms in total. The van der Waals surface area contributed by atoms with Crippen molar-refractivity contribution in [2.45, 2.75) is 128 Å². The van der Waals surface area contributed by atoms with Crippen LogP contribution in [0.15, 0.2) is 0 Å². The molecule has 0 radical (unpaired) electrons. The van der Waals surface area contributed by atoms with Crippen LogP contribution in [-0.4, -0.2) is 45.3 Å². The normalized spacial score (nSPS) is 14.3. The van der Waals surface area contributed by atoms with Gasteiger partial charge in [0.1, 0.15) is 0 Å². The van der Waals surface area contributed by atoms with Crippen molar-refractivity contribution < 1.29 is 25.2 Å². The minimum absolute atomic E-state index is 0. The van der Waals surface area contributed by atoms with Crippen LogP contribution in [-0.2, 0) is 4.79 Å². The van der Waals surface area contributed by atoms with E-state index in [0.29, 0.717) is 6.42 Å². The Bertz CT molecular complexity index is 398. The molecule has 2 unspecified atom stereocenters. The van der Waals surface area contributed by atoms with Gasteiger partial charge in [-0.25, -0.2) is 0 Å². The summed E-state index contributed by atoms with van der Waals surface area (Å²) in [7, 11) is 0. The van der Waals surface area contributed by atoms with Gasteiger partial charge in [-0.05, 0) is 12.8 Å². The summed E-state index contributed by atoms with van der Waals surface area (Å²) in [6.07, 6.45) is 14.6. The summed E-state index contributed by atoms with van der Waals surface area (Å²) in [5, 5.41) is 37.5. The van der Waals surface area contributed by atoms with E-state index in [0.717, 1.165) is 19.3 Å². The molecule has 0 aliphatic heterocycles. The summed E-state index contributed by atoms with van der Waals surface area (Å²) in [5.41, 5.74) is 4.34. The molecule has 0 spiro atoms. The summed E-state index contributed by atoms with van der Waals surface area (Å²) in [4.78, 5) is 12.0. The molecule has 0 bridgehead atoms. The second kappa shape index (κ2) is 20.5. The number of carbonyl (C=O) groups excluding carboxylic acids is 1. The third-order valence-corrected chi connectivity index (χ3v) is 5.94. The first-order valence-electron chi connectivity index (χ1n) is 11.8. The van der Waals surface area contributed by atoms with Crippen LogP contribution in [0.4, 0.5) is 0 Å². The van der Waals surface area contributed by atoms with Crippen LogP contribution in [0, 0.1) is 5.41 Å². The van der Waals surface area contributed by atoms with Crippen molar-refractivity contribution in [3.63, 3.8) is 0 Å². The fourth-order valence-corrected chi connectivity index (χ4v) is 4.13. The van der Waals surface area contributed by atoms with Gasteiger partial charge >= 0.3 is 0 Å². The monoisotopic (exact) mass is 453 g/mol. The van der Waals surface area contributed by atoms with Gasteiger partial charge in [-0.2, -0.15) is 0 Å². The van der Waals surface area contributed by atoms with Gasteiger partial charge in [0.15, 0.2) is 6.29 Å². The third kappa shape index (κ3) is 16.3. The summed E-state index contributed by atoms with van der Waals surface area (Å²) in [5.74, 6) is -0.646. The zero-order valence-corrected chi connectivity index (χ0v) is 19.9. The average molecular weight is 454 g/mol. The first kappa shape index (κ1) is 31.8. The van der Waals surface area contributed by atoms with Gasteiger partial charge in [-0.1, -0.05) is 96.8 Å². The van der Waals surface area contributed by atoms with Crippen molar-refractivity contribution in [3.8, 4) is 0 Å². The van der Waals surface area contributed by atoms with E-state index in [2.05, 4.69) is 6.92 Å². The summed E-state index contributed by atoms with van der Waals surface area (Å²) >= 11 is 0. The Balaban J connectivity index is 0. The van der Waals surface area contributed by atoms with E-state index in [1.807, 2.05) is 0 Å². The van der Waals surface area contributed by atoms with Gasteiger partial charge in [0, 0.05) is 6.42 Å². The van der Waals surface area contributed by atoms with Gasteiger partial charge in [0.05, 0.1) is 18.1 Å². The molecule has 182 valence electrons. The van der Waals surface area contributed by atoms with Crippen molar-refractivity contribution in [3.05, 3.63) is 0 Å². The molecule has 0 aromatic heterocycles. The van der Waals surface area contributed by atoms with E-state index in [-0.39, 0.29) is 25.2 Å². The first-order valence-corrected chi connectivity index (χ1v) is 11.8. The molecule has 0 fully saturated rings. The van der Waals surface area contributed by atoms with Crippen molar-refractivity contribution in [2.24, 2.45) is 11.1 Å². The number of aliphatic hydroxyl groups is 4. The summed E-state index contributed by atoms with van der Waals surface area (Å²) in [6, 6.07) is 0. The molecule has 30 heavy (non-hydrogen) atoms. The lowest BCUT2D eigenvalue weighted by Crippen LogP contribution is -2.43. The number of hydrogen-bond donors (Lipinski definition) is 5. The Morgan fingerprint density at radius 1 is 0.767 bits per heavy atom. The van der Waals surface area contributed by atoms with Crippen LogP contribution in [0.2, 0.25) is 0 Å². The second-order valence-corrected chi connectivity index (χ2v) is 8.72. The fraction of sp³-hybridized carbons (Fsp3) is 0.957. The molecule has 1 amide bonds. The highest BCUT2D eigenvalue weighted by Gasteiger charge is 2.39. The maximum absolute atomic E-state index is 12.0. The maximum Gasteiger partial charge on any atom is 0.223 e. The zero-order valence-electron chi connectivity index (χ0n) is 19.1. The highest BCUT2D eigenvalue weighted by Crippen LogP contribution is 2.35. The Hall–Kier alpha value is -0.400. The fourth-order valence-electron chi connectivity index (χ4n) is 4.13. The van der Waals surface area contributed by atoms with Crippen molar-refractivity contribution in [1.82, 2.24) is 0 Å². The van der Waals surface area contributed by atoms with Crippen LogP contribution in [0.5, 0.6) is 0 Å². The number of unbranched alkanes of at least 4 members (excludes halogenated alkanes) is 13. The molecule has 7 heteroatoms. The highest BCUT2D eigenvalue weighted by atomic mass is 35.5. The smallest absolute Gasteiger partial charge is 0.223 e. The van der Waals surface area contributed by atoms with E-state index in [9.17, 15) is 20.1 Å². The predicted octanol–water partition coefficient (Wildman–Crippen LogP) is 4.20. The van der Waals surface area contributed by atoms with Crippen molar-refractivity contribution in [2.75, 3.05) is 6.61 Å². The van der Waals surface area contributed by atoms with Crippen LogP contribution in [0.25, 0.3) is 0 Å². The molecule has 0 saturated heterocycles. The van der Waals surface area contributed by atoms with E-state index in [4.69, 9.17) is 10.8 Å². The largest absolute Gasteiger partial charge is 0.394 e. The van der Waals surface area contributed by atoms with Crippen LogP contribution >= 0.6 is 12.4 Å². The molecule has 0 saturated carbocycles. The first-order chi connectivity index (χ1) is 13.9. The molecule has 0 heterocycles. The van der Waals surface area contributed by atoms with Gasteiger partial charge in [0.25, 0.3) is 0 Å². The molecule has 0 aliphatic carbocycles. The number of primary amides is 1. The highest BCUT2D eigenvalue weighted by molar-refractivity contribution is 5.85. The SMILES string of the molecule is CCCCCCCCCCCCCCCCC(CC(O)O)(CC(O)CO)C(N)=O.Cl. The molecule has 2 atom stereocenters. The Morgan fingerprint density at radius 3 is 1.50 bits per heavy atom. The maximum atomic E-state index is 12.0. The van der Waals surface area contributed by atoms with E-state index in [1.54, 1.807) is 0 Å². The lowest BCUT2D eigenvalue weighted by molar-refractivity contribution is -0.140. The van der Waals surface area contributed by atoms with Gasteiger partial charge < -0.3 is 26.2 Å². The van der Waals surface area contributed by atoms with Crippen molar-refractivity contribution in [1.29, 1.82) is 0 Å². The molecule has 0 aliphatic rings. The Morgan fingerprint density at radius 2 is 1.17 bits per heavy atom. The molecule has 0 aromatic carbocycles. The number of halogens is 1. The second-order valence-electron chi connectivity index (χ2n) is 8.72. The summed E-state index contributed by atoms with van der Waals surface area (Å²) < 4.78 is 0. The predicted molar refractivity (Wildman–Crippen MR) is 124 cm³/mol. The Kier molecular flexibility index (Phi) is 21.7. The quantitative estimate of drug-likeness (QED) is 0.131. The summed E-state index contributed by atoms with van der Waals surface area (Å²) in [6.45, 7) is 1.77. The standard InChI is InChI=1S/C23H47NO5.ClH/c1-2-3-4-5-6-7-8-9-10-11-12-13-14-15-16-23(22(24)29,18-21(27)28)17-20(26)19-25;/h20-21,25-28H,2-19H2,1H3,(H2,24,29);1H. The average Bonchev–Trinajstić information content (AvgIpc) is 2.67. The number of aliphatic hydroxyl groups excluding tert-OH is 3. The minimum atomic E-state index is -1.67. The third-order valence-electron chi connectivity index (χ3n) is 5.94. The lowest BCUT2D eigenvalue weighted by Gasteiger charge is -2.33. The van der Waals surface area contributed by atoms with Gasteiger partial charge in [-0.3, -0.25) is 4.79 Å². The number of carbonyl (C=O) groups is 1. The zero-order chi connectivity index (χ0) is 22.0. The van der Waals surface area contributed by atoms with Crippen molar-refractivity contribution >= 4 is 18.3 Å². The molecule has 6 N–H and O–H groups in total. The van der Waals surface area contributed by atoms with Crippen LogP contribution in [0.3, 0.4) is 0 Å². The Labute approximate surface area is 190 Å². The molecule has 0 rings (SSSR count). The number of hydrogen-bond acceptors (Lipinski definition) is 5. The van der Waals surface area contributed by atoms with Gasteiger partial charge in [-0.15, -0.1) is 12.4 Å². The number of nitrogens with two attached hydrogens (primary N) is 1. The van der Waals surface area contributed by atoms with E-state index in [1.165, 1.54) is 70.6 Å². The molecule has 0 aromatic rings. The lowest BCUT2D eigenvalue weighted by atomic mass is 9.74. The van der Waals surface area contributed by atoms with Crippen LogP contribution in [0.1, 0.15) is 116 Å². The number of rotatable bonds is 21. The molecular weight excluding hydrogens is 406 g/mol. The topological polar surface area (TPSA) is 124 Å². The van der Waals surface area contributed by atoms with Crippen LogP contribution < -0.4 is 5.73 Å². The number of amides is 1. The van der Waals surface area contributed by atoms with Gasteiger partial charge in [0.2, 0.25) is 5.91 Å². The van der Waals surface area contributed by atoms with E-state index >= 15 is 0 Å². The minimum Gasteiger partial charge on any atom is -0.394 e.